The molecule has 2 rings (SSSR count). The van der Waals surface area contributed by atoms with Gasteiger partial charge in [-0.1, -0.05) is 24.3 Å². The fourth-order valence-corrected chi connectivity index (χ4v) is 2.92. The quantitative estimate of drug-likeness (QED) is 0.805. The van der Waals surface area contributed by atoms with Crippen molar-refractivity contribution in [1.29, 1.82) is 0 Å². The number of aromatic nitrogens is 2. The summed E-state index contributed by atoms with van der Waals surface area (Å²) in [7, 11) is 0. The Kier molecular flexibility index (Phi) is 4.49. The standard InChI is InChI=1S/C12H18N4O2S/c1-3-5-7-15-8-10(17)16(12(15)18)11-14-13-9(19-11)6-4-2/h3,10,17H,1,4-8H2,2H3. The number of β-amino-alcohol motifs (C(OH)–C–C–N with tert-alkyl or cyclic N) is 1. The van der Waals surface area contributed by atoms with Crippen molar-refractivity contribution in [3.8, 4) is 0 Å². The van der Waals surface area contributed by atoms with Crippen LogP contribution in [0.1, 0.15) is 24.8 Å². The first kappa shape index (κ1) is 14.0. The van der Waals surface area contributed by atoms with E-state index in [2.05, 4.69) is 23.7 Å². The van der Waals surface area contributed by atoms with Crippen LogP contribution >= 0.6 is 11.3 Å². The highest BCUT2D eigenvalue weighted by molar-refractivity contribution is 7.15. The number of urea groups is 1. The fourth-order valence-electron chi connectivity index (χ4n) is 1.94. The topological polar surface area (TPSA) is 69.6 Å². The predicted octanol–water partition coefficient (Wildman–Crippen LogP) is 1.63. The average Bonchev–Trinajstić information content (AvgIpc) is 2.93. The molecule has 1 atom stereocenters. The molecule has 1 unspecified atom stereocenters. The Hall–Kier alpha value is -1.47. The van der Waals surface area contributed by atoms with E-state index in [1.807, 2.05) is 0 Å². The second kappa shape index (κ2) is 6.12. The lowest BCUT2D eigenvalue weighted by Crippen LogP contribution is -2.35. The molecule has 6 nitrogen and oxygen atoms in total. The molecule has 1 saturated heterocycles. The van der Waals surface area contributed by atoms with Gasteiger partial charge in [-0.2, -0.15) is 0 Å². The van der Waals surface area contributed by atoms with Gasteiger partial charge in [0.1, 0.15) is 5.01 Å². The SMILES string of the molecule is C=CCCN1CC(O)N(c2nnc(CCC)s2)C1=O. The molecule has 2 amide bonds. The van der Waals surface area contributed by atoms with Gasteiger partial charge in [0.25, 0.3) is 0 Å². The molecule has 1 aliphatic heterocycles. The lowest BCUT2D eigenvalue weighted by Gasteiger charge is -2.15. The number of aliphatic hydroxyl groups excluding tert-OH is 1. The van der Waals surface area contributed by atoms with Crippen LogP contribution in [0.5, 0.6) is 0 Å². The molecule has 1 N–H and O–H groups in total. The number of aryl methyl sites for hydroxylation is 1. The third-order valence-corrected chi connectivity index (χ3v) is 3.87. The molecule has 1 aromatic heterocycles. The number of rotatable bonds is 6. The summed E-state index contributed by atoms with van der Waals surface area (Å²) in [5.74, 6) is 0. The van der Waals surface area contributed by atoms with Crippen molar-refractivity contribution < 1.29 is 9.90 Å². The van der Waals surface area contributed by atoms with Gasteiger partial charge in [0, 0.05) is 13.0 Å². The van der Waals surface area contributed by atoms with E-state index in [4.69, 9.17) is 0 Å². The number of hydrogen-bond acceptors (Lipinski definition) is 5. The lowest BCUT2D eigenvalue weighted by atomic mass is 10.4. The summed E-state index contributed by atoms with van der Waals surface area (Å²) in [5.41, 5.74) is 0. The highest BCUT2D eigenvalue weighted by Crippen LogP contribution is 2.27. The molecule has 104 valence electrons. The van der Waals surface area contributed by atoms with E-state index in [-0.39, 0.29) is 6.03 Å². The smallest absolute Gasteiger partial charge is 0.328 e. The van der Waals surface area contributed by atoms with Gasteiger partial charge in [0.2, 0.25) is 5.13 Å². The largest absolute Gasteiger partial charge is 0.371 e. The third-order valence-electron chi connectivity index (χ3n) is 2.89. The summed E-state index contributed by atoms with van der Waals surface area (Å²) in [4.78, 5) is 15.1. The summed E-state index contributed by atoms with van der Waals surface area (Å²) in [5, 5.41) is 19.4. The lowest BCUT2D eigenvalue weighted by molar-refractivity contribution is 0.177. The first-order valence-corrected chi connectivity index (χ1v) is 7.18. The van der Waals surface area contributed by atoms with Crippen LogP contribution in [0.4, 0.5) is 9.93 Å². The summed E-state index contributed by atoms with van der Waals surface area (Å²) < 4.78 is 0. The Morgan fingerprint density at radius 2 is 2.37 bits per heavy atom. The van der Waals surface area contributed by atoms with Crippen molar-refractivity contribution in [3.05, 3.63) is 17.7 Å². The maximum atomic E-state index is 12.2. The Bertz CT molecular complexity index is 462. The van der Waals surface area contributed by atoms with Gasteiger partial charge in [0.15, 0.2) is 6.23 Å². The number of anilines is 1. The van der Waals surface area contributed by atoms with Gasteiger partial charge in [-0.25, -0.2) is 9.69 Å². The molecule has 1 fully saturated rings. The number of carbonyl (C=O) groups excluding carboxylic acids is 1. The van der Waals surface area contributed by atoms with Gasteiger partial charge >= 0.3 is 6.03 Å². The fraction of sp³-hybridized carbons (Fsp3) is 0.583. The van der Waals surface area contributed by atoms with Crippen molar-refractivity contribution in [3.63, 3.8) is 0 Å². The van der Waals surface area contributed by atoms with Crippen LogP contribution in [0.2, 0.25) is 0 Å². The Labute approximate surface area is 116 Å². The maximum Gasteiger partial charge on any atom is 0.328 e. The van der Waals surface area contributed by atoms with Gasteiger partial charge in [-0.15, -0.1) is 16.8 Å². The van der Waals surface area contributed by atoms with E-state index in [1.54, 1.807) is 11.0 Å². The Morgan fingerprint density at radius 3 is 3.05 bits per heavy atom. The highest BCUT2D eigenvalue weighted by atomic mass is 32.1. The molecule has 0 spiro atoms. The zero-order valence-electron chi connectivity index (χ0n) is 10.9. The molecule has 0 saturated carbocycles. The van der Waals surface area contributed by atoms with Crippen molar-refractivity contribution in [2.24, 2.45) is 0 Å². The van der Waals surface area contributed by atoms with Crippen LogP contribution in [-0.4, -0.2) is 45.6 Å². The van der Waals surface area contributed by atoms with Crippen molar-refractivity contribution in [1.82, 2.24) is 15.1 Å². The molecular formula is C12H18N4O2S. The van der Waals surface area contributed by atoms with E-state index < -0.39 is 6.23 Å². The van der Waals surface area contributed by atoms with E-state index in [9.17, 15) is 9.90 Å². The normalized spacial score (nSPS) is 19.3. The monoisotopic (exact) mass is 282 g/mol. The summed E-state index contributed by atoms with van der Waals surface area (Å²) >= 11 is 1.36. The Balaban J connectivity index is 2.10. The molecule has 2 heterocycles. The second-order valence-electron chi connectivity index (χ2n) is 4.38. The number of carbonyl (C=O) groups is 1. The maximum absolute atomic E-state index is 12.2. The summed E-state index contributed by atoms with van der Waals surface area (Å²) in [6.45, 7) is 6.56. The summed E-state index contributed by atoms with van der Waals surface area (Å²) in [6.07, 6.45) is 3.45. The third kappa shape index (κ3) is 2.93. The average molecular weight is 282 g/mol. The van der Waals surface area contributed by atoms with Gasteiger partial charge in [-0.05, 0) is 12.8 Å². The molecule has 0 aromatic carbocycles. The number of amides is 2. The minimum absolute atomic E-state index is 0.214. The first-order chi connectivity index (χ1) is 9.17. The predicted molar refractivity (Wildman–Crippen MR) is 74.2 cm³/mol. The number of nitrogens with zero attached hydrogens (tertiary/aromatic N) is 4. The number of hydrogen-bond donors (Lipinski definition) is 1. The van der Waals surface area contributed by atoms with Gasteiger partial charge in [-0.3, -0.25) is 0 Å². The minimum atomic E-state index is -0.847. The van der Waals surface area contributed by atoms with Gasteiger partial charge < -0.3 is 10.0 Å². The molecule has 7 heteroatoms. The van der Waals surface area contributed by atoms with Crippen molar-refractivity contribution in [2.45, 2.75) is 32.4 Å². The van der Waals surface area contributed by atoms with Crippen LogP contribution in [0.15, 0.2) is 12.7 Å². The zero-order valence-corrected chi connectivity index (χ0v) is 11.8. The Morgan fingerprint density at radius 1 is 1.58 bits per heavy atom. The van der Waals surface area contributed by atoms with Crippen LogP contribution in [0.25, 0.3) is 0 Å². The van der Waals surface area contributed by atoms with Crippen LogP contribution in [0.3, 0.4) is 0 Å². The first-order valence-electron chi connectivity index (χ1n) is 6.36. The highest BCUT2D eigenvalue weighted by Gasteiger charge is 2.38. The molecule has 0 bridgehead atoms. The van der Waals surface area contributed by atoms with Gasteiger partial charge in [0.05, 0.1) is 6.54 Å². The van der Waals surface area contributed by atoms with Crippen molar-refractivity contribution >= 4 is 22.5 Å². The molecule has 0 radical (unpaired) electrons. The minimum Gasteiger partial charge on any atom is -0.371 e. The van der Waals surface area contributed by atoms with Crippen LogP contribution in [0, 0.1) is 0 Å². The van der Waals surface area contributed by atoms with E-state index in [0.717, 1.165) is 17.8 Å². The van der Waals surface area contributed by atoms with Crippen LogP contribution < -0.4 is 4.90 Å². The van der Waals surface area contributed by atoms with Crippen LogP contribution in [-0.2, 0) is 6.42 Å². The molecule has 19 heavy (non-hydrogen) atoms. The van der Waals surface area contributed by atoms with E-state index in [0.29, 0.717) is 24.6 Å². The summed E-state index contributed by atoms with van der Waals surface area (Å²) in [6, 6.07) is -0.214. The van der Waals surface area contributed by atoms with E-state index in [1.165, 1.54) is 16.2 Å². The van der Waals surface area contributed by atoms with E-state index >= 15 is 0 Å². The molecule has 1 aliphatic rings. The molecule has 0 aliphatic carbocycles. The number of aliphatic hydroxyl groups is 1. The van der Waals surface area contributed by atoms with Crippen molar-refractivity contribution in [2.75, 3.05) is 18.0 Å². The second-order valence-corrected chi connectivity index (χ2v) is 5.43. The zero-order chi connectivity index (χ0) is 13.8. The molecule has 1 aromatic rings. The molecular weight excluding hydrogens is 264 g/mol.